The van der Waals surface area contributed by atoms with E-state index in [0.29, 0.717) is 13.2 Å². The summed E-state index contributed by atoms with van der Waals surface area (Å²) in [7, 11) is -3.62. The fourth-order valence-electron chi connectivity index (χ4n) is 1.85. The zero-order chi connectivity index (χ0) is 13.9. The molecule has 0 radical (unpaired) electrons. The van der Waals surface area contributed by atoms with E-state index in [0.717, 1.165) is 30.8 Å². The average Bonchev–Trinajstić information content (AvgIpc) is 2.88. The monoisotopic (exact) mass is 305 g/mol. The van der Waals surface area contributed by atoms with Gasteiger partial charge < -0.3 is 9.84 Å². The van der Waals surface area contributed by atoms with Gasteiger partial charge in [0.05, 0.1) is 6.61 Å². The van der Waals surface area contributed by atoms with Crippen LogP contribution >= 0.6 is 11.3 Å². The minimum atomic E-state index is -3.62. The Labute approximate surface area is 115 Å². The van der Waals surface area contributed by atoms with E-state index in [1.54, 1.807) is 0 Å². The smallest absolute Gasteiger partial charge is 0.345 e. The molecular weight excluding hydrogens is 290 g/mol. The molecule has 1 aromatic heterocycles. The number of carboxylic acid groups (broad SMARTS) is 1. The summed E-state index contributed by atoms with van der Waals surface area (Å²) in [6.07, 6.45) is 1.88. The summed E-state index contributed by atoms with van der Waals surface area (Å²) in [5.74, 6) is -0.936. The summed E-state index contributed by atoms with van der Waals surface area (Å²) >= 11 is 0.753. The number of aromatic carboxylic acids is 1. The lowest BCUT2D eigenvalue weighted by molar-refractivity contribution is 0.0568. The zero-order valence-electron chi connectivity index (χ0n) is 10.2. The molecular formula is C11H15NO5S2. The third-order valence-electron chi connectivity index (χ3n) is 2.87. The molecule has 2 N–H and O–H groups in total. The van der Waals surface area contributed by atoms with Gasteiger partial charge in [0.25, 0.3) is 0 Å². The number of carbonyl (C=O) groups is 1. The number of hydrogen-bond donors (Lipinski definition) is 2. The van der Waals surface area contributed by atoms with Crippen LogP contribution in [0.1, 0.15) is 22.5 Å². The number of thiophene rings is 1. The van der Waals surface area contributed by atoms with Crippen molar-refractivity contribution in [2.45, 2.75) is 17.1 Å². The molecule has 0 spiro atoms. The normalized spacial score (nSPS) is 20.3. The third kappa shape index (κ3) is 3.75. The molecule has 0 aromatic carbocycles. The third-order valence-corrected chi connectivity index (χ3v) is 5.86. The molecule has 0 bridgehead atoms. The first kappa shape index (κ1) is 14.4. The maximum Gasteiger partial charge on any atom is 0.345 e. The molecule has 1 atom stereocenters. The minimum Gasteiger partial charge on any atom is -0.477 e. The maximum atomic E-state index is 12.0. The van der Waals surface area contributed by atoms with Gasteiger partial charge in [0, 0.05) is 13.2 Å². The predicted molar refractivity (Wildman–Crippen MR) is 70.0 cm³/mol. The van der Waals surface area contributed by atoms with Gasteiger partial charge in [0.2, 0.25) is 10.0 Å². The minimum absolute atomic E-state index is 0.0152. The van der Waals surface area contributed by atoms with Crippen LogP contribution < -0.4 is 4.72 Å². The van der Waals surface area contributed by atoms with E-state index in [2.05, 4.69) is 4.72 Å². The fourth-order valence-corrected chi connectivity index (χ4v) is 4.15. The van der Waals surface area contributed by atoms with E-state index in [9.17, 15) is 13.2 Å². The molecule has 19 heavy (non-hydrogen) atoms. The van der Waals surface area contributed by atoms with Crippen LogP contribution in [0.25, 0.3) is 0 Å². The number of carboxylic acids is 1. The summed E-state index contributed by atoms with van der Waals surface area (Å²) in [6.45, 7) is 1.62. The standard InChI is InChI=1S/C11H15NO5S2/c13-11(14)9-3-4-10(18-9)19(15,16)12-6-8-2-1-5-17-7-8/h3-4,8,12H,1-2,5-7H2,(H,13,14). The van der Waals surface area contributed by atoms with Gasteiger partial charge in [-0.1, -0.05) is 0 Å². The highest BCUT2D eigenvalue weighted by Crippen LogP contribution is 2.22. The van der Waals surface area contributed by atoms with Crippen LogP contribution in [0.5, 0.6) is 0 Å². The molecule has 1 fully saturated rings. The Morgan fingerprint density at radius 1 is 1.53 bits per heavy atom. The molecule has 1 aliphatic heterocycles. The maximum absolute atomic E-state index is 12.0. The lowest BCUT2D eigenvalue weighted by Gasteiger charge is -2.21. The molecule has 0 saturated carbocycles. The highest BCUT2D eigenvalue weighted by molar-refractivity contribution is 7.91. The molecule has 2 heterocycles. The van der Waals surface area contributed by atoms with Crippen molar-refractivity contribution in [2.75, 3.05) is 19.8 Å². The van der Waals surface area contributed by atoms with Crippen LogP contribution in [0.15, 0.2) is 16.3 Å². The lowest BCUT2D eigenvalue weighted by Crippen LogP contribution is -2.32. The van der Waals surface area contributed by atoms with Gasteiger partial charge >= 0.3 is 5.97 Å². The molecule has 1 aromatic rings. The van der Waals surface area contributed by atoms with Gasteiger partial charge in [-0.2, -0.15) is 0 Å². The van der Waals surface area contributed by atoms with Crippen LogP contribution in [0, 0.1) is 5.92 Å². The lowest BCUT2D eigenvalue weighted by atomic mass is 10.0. The van der Waals surface area contributed by atoms with Crippen molar-refractivity contribution >= 4 is 27.3 Å². The summed E-state index contributed by atoms with van der Waals surface area (Å²) in [4.78, 5) is 10.7. The Morgan fingerprint density at radius 3 is 2.89 bits per heavy atom. The van der Waals surface area contributed by atoms with Gasteiger partial charge in [0.1, 0.15) is 9.09 Å². The van der Waals surface area contributed by atoms with Crippen molar-refractivity contribution in [3.8, 4) is 0 Å². The molecule has 1 aliphatic rings. The van der Waals surface area contributed by atoms with Crippen LogP contribution in [0.4, 0.5) is 0 Å². The van der Waals surface area contributed by atoms with E-state index in [1.807, 2.05) is 0 Å². The van der Waals surface area contributed by atoms with E-state index >= 15 is 0 Å². The Morgan fingerprint density at radius 2 is 2.32 bits per heavy atom. The Kier molecular flexibility index (Phi) is 4.56. The number of rotatable bonds is 5. The van der Waals surface area contributed by atoms with Gasteiger partial charge in [-0.25, -0.2) is 17.9 Å². The van der Waals surface area contributed by atoms with Crippen molar-refractivity contribution in [1.82, 2.24) is 4.72 Å². The van der Waals surface area contributed by atoms with Gasteiger partial charge in [0.15, 0.2) is 0 Å². The zero-order valence-corrected chi connectivity index (χ0v) is 11.8. The first-order valence-electron chi connectivity index (χ1n) is 5.89. The van der Waals surface area contributed by atoms with E-state index < -0.39 is 16.0 Å². The van der Waals surface area contributed by atoms with Crippen LogP contribution in [0.3, 0.4) is 0 Å². The summed E-state index contributed by atoms with van der Waals surface area (Å²) in [5.41, 5.74) is 0. The Bertz CT molecular complexity index is 545. The quantitative estimate of drug-likeness (QED) is 0.851. The fraction of sp³-hybridized carbons (Fsp3) is 0.545. The van der Waals surface area contributed by atoms with E-state index in [1.165, 1.54) is 12.1 Å². The van der Waals surface area contributed by atoms with Crippen LogP contribution in [0.2, 0.25) is 0 Å². The molecule has 1 unspecified atom stereocenters. The summed E-state index contributed by atoms with van der Waals surface area (Å²) in [6, 6.07) is 2.61. The van der Waals surface area contributed by atoms with Crippen molar-refractivity contribution in [3.05, 3.63) is 17.0 Å². The molecule has 1 saturated heterocycles. The number of ether oxygens (including phenoxy) is 1. The average molecular weight is 305 g/mol. The predicted octanol–water partition coefficient (Wildman–Crippen LogP) is 1.15. The van der Waals surface area contributed by atoms with Crippen molar-refractivity contribution in [1.29, 1.82) is 0 Å². The largest absolute Gasteiger partial charge is 0.477 e. The van der Waals surface area contributed by atoms with Crippen molar-refractivity contribution in [3.63, 3.8) is 0 Å². The van der Waals surface area contributed by atoms with Gasteiger partial charge in [-0.3, -0.25) is 0 Å². The van der Waals surface area contributed by atoms with E-state index in [4.69, 9.17) is 9.84 Å². The second-order valence-corrected chi connectivity index (χ2v) is 7.44. The van der Waals surface area contributed by atoms with Crippen LogP contribution in [-0.2, 0) is 14.8 Å². The number of sulfonamides is 1. The molecule has 2 rings (SSSR count). The first-order valence-corrected chi connectivity index (χ1v) is 8.19. The van der Waals surface area contributed by atoms with Crippen molar-refractivity contribution in [2.24, 2.45) is 5.92 Å². The number of nitrogens with one attached hydrogen (secondary N) is 1. The van der Waals surface area contributed by atoms with Gasteiger partial charge in [-0.15, -0.1) is 11.3 Å². The second kappa shape index (κ2) is 6.00. The molecule has 106 valence electrons. The Hall–Kier alpha value is -0.960. The highest BCUT2D eigenvalue weighted by Gasteiger charge is 2.21. The summed E-state index contributed by atoms with van der Waals surface area (Å²) in [5, 5.41) is 8.78. The van der Waals surface area contributed by atoms with Crippen LogP contribution in [-0.4, -0.2) is 39.3 Å². The number of hydrogen-bond acceptors (Lipinski definition) is 5. The Balaban J connectivity index is 1.98. The highest BCUT2D eigenvalue weighted by atomic mass is 32.2. The van der Waals surface area contributed by atoms with Crippen molar-refractivity contribution < 1.29 is 23.1 Å². The van der Waals surface area contributed by atoms with E-state index in [-0.39, 0.29) is 15.0 Å². The topological polar surface area (TPSA) is 92.7 Å². The SMILES string of the molecule is O=C(O)c1ccc(S(=O)(=O)NCC2CCCOC2)s1. The molecule has 8 heteroatoms. The molecule has 6 nitrogen and oxygen atoms in total. The second-order valence-electron chi connectivity index (χ2n) is 4.36. The molecule has 0 amide bonds. The first-order chi connectivity index (χ1) is 8.99. The van der Waals surface area contributed by atoms with Gasteiger partial charge in [-0.05, 0) is 30.9 Å². The summed E-state index contributed by atoms with van der Waals surface area (Å²) < 4.78 is 31.8. The molecule has 0 aliphatic carbocycles.